The molecule has 0 unspecified atom stereocenters. The third-order valence-electron chi connectivity index (χ3n) is 5.06. The molecule has 1 saturated heterocycles. The molecular formula is C20H14FN7O. The number of benzene rings is 1. The maximum atomic E-state index is 13.4. The number of nitrogens with zero attached hydrogens (tertiary/aromatic N) is 7. The first-order valence-corrected chi connectivity index (χ1v) is 8.95. The second kappa shape index (κ2) is 6.53. The van der Waals surface area contributed by atoms with Gasteiger partial charge in [-0.2, -0.15) is 10.4 Å². The van der Waals surface area contributed by atoms with Crippen LogP contribution in [0.2, 0.25) is 0 Å². The molecule has 0 spiro atoms. The minimum atomic E-state index is -0.327. The second-order valence-corrected chi connectivity index (χ2v) is 6.81. The van der Waals surface area contributed by atoms with Gasteiger partial charge in [0, 0.05) is 18.7 Å². The van der Waals surface area contributed by atoms with E-state index in [0.29, 0.717) is 35.8 Å². The van der Waals surface area contributed by atoms with Crippen LogP contribution in [0, 0.1) is 17.1 Å². The molecule has 4 heterocycles. The van der Waals surface area contributed by atoms with E-state index in [0.717, 1.165) is 17.7 Å². The molecule has 0 radical (unpaired) electrons. The van der Waals surface area contributed by atoms with E-state index in [-0.39, 0.29) is 11.9 Å². The summed E-state index contributed by atoms with van der Waals surface area (Å²) in [6.45, 7) is 1.15. The fourth-order valence-corrected chi connectivity index (χ4v) is 3.54. The third-order valence-corrected chi connectivity index (χ3v) is 5.06. The molecule has 0 atom stereocenters. The molecule has 1 aromatic carbocycles. The zero-order chi connectivity index (χ0) is 20.0. The van der Waals surface area contributed by atoms with E-state index >= 15 is 0 Å². The van der Waals surface area contributed by atoms with E-state index in [1.165, 1.54) is 22.8 Å². The van der Waals surface area contributed by atoms with Gasteiger partial charge in [0.05, 0.1) is 30.0 Å². The first kappa shape index (κ1) is 17.1. The summed E-state index contributed by atoms with van der Waals surface area (Å²) in [4.78, 5) is 21.4. The summed E-state index contributed by atoms with van der Waals surface area (Å²) in [6.07, 6.45) is 4.01. The molecule has 9 heteroatoms. The maximum absolute atomic E-state index is 13.4. The molecule has 0 saturated carbocycles. The molecule has 0 N–H and O–H groups in total. The van der Waals surface area contributed by atoms with E-state index in [9.17, 15) is 14.4 Å². The minimum Gasteiger partial charge on any atom is -0.341 e. The van der Waals surface area contributed by atoms with Crippen LogP contribution in [0.1, 0.15) is 11.7 Å². The fourth-order valence-electron chi connectivity index (χ4n) is 3.54. The summed E-state index contributed by atoms with van der Waals surface area (Å²) >= 11 is 0. The smallest absolute Gasteiger partial charge is 0.209 e. The molecule has 1 aliphatic heterocycles. The lowest BCUT2D eigenvalue weighted by molar-refractivity contribution is -0.123. The zero-order valence-electron chi connectivity index (χ0n) is 15.1. The molecule has 3 aromatic heterocycles. The van der Waals surface area contributed by atoms with Crippen LogP contribution in [-0.4, -0.2) is 48.5 Å². The Morgan fingerprint density at radius 2 is 1.93 bits per heavy atom. The highest BCUT2D eigenvalue weighted by Gasteiger charge is 2.30. The number of carbonyl (C=O) groups excluding carboxylic acids is 1. The Bertz CT molecular complexity index is 1260. The van der Waals surface area contributed by atoms with Gasteiger partial charge in [0.15, 0.2) is 11.3 Å². The van der Waals surface area contributed by atoms with Crippen molar-refractivity contribution < 1.29 is 9.18 Å². The van der Waals surface area contributed by atoms with Crippen LogP contribution in [-0.2, 0) is 4.79 Å². The molecule has 29 heavy (non-hydrogen) atoms. The van der Waals surface area contributed by atoms with Crippen molar-refractivity contribution in [1.82, 2.24) is 29.0 Å². The van der Waals surface area contributed by atoms with Gasteiger partial charge in [-0.05, 0) is 36.4 Å². The Morgan fingerprint density at radius 1 is 1.14 bits per heavy atom. The van der Waals surface area contributed by atoms with Gasteiger partial charge in [0.1, 0.15) is 17.6 Å². The Kier molecular flexibility index (Phi) is 3.84. The molecule has 0 aliphatic carbocycles. The number of nitriles is 1. The molecule has 1 fully saturated rings. The molecular weight excluding hydrogens is 373 g/mol. The SMILES string of the molecule is N#Cc1cnc2ccc(-c3c(-c4ccc(F)cc4)ncn3C3CN(C=O)C3)nn12. The summed E-state index contributed by atoms with van der Waals surface area (Å²) in [5.41, 5.74) is 3.64. The standard InChI is InChI=1S/C20H14FN7O/c21-14-3-1-13(2-4-14)19-20(27(11-24-19)16-9-26(10-16)12-29)17-5-6-18-23-8-15(7-22)28(18)25-17/h1-6,8,11-12,16H,9-10H2. The lowest BCUT2D eigenvalue weighted by Crippen LogP contribution is -2.46. The summed E-state index contributed by atoms with van der Waals surface area (Å²) in [6, 6.07) is 11.8. The molecule has 1 amide bonds. The summed E-state index contributed by atoms with van der Waals surface area (Å²) in [5.74, 6) is -0.327. The molecule has 5 rings (SSSR count). The molecule has 142 valence electrons. The third kappa shape index (κ3) is 2.73. The van der Waals surface area contributed by atoms with Gasteiger partial charge in [0.2, 0.25) is 6.41 Å². The van der Waals surface area contributed by atoms with Crippen LogP contribution in [0.4, 0.5) is 4.39 Å². The number of amides is 1. The van der Waals surface area contributed by atoms with E-state index in [4.69, 9.17) is 0 Å². The predicted molar refractivity (Wildman–Crippen MR) is 101 cm³/mol. The van der Waals surface area contributed by atoms with Crippen molar-refractivity contribution in [3.8, 4) is 28.7 Å². The number of carbonyl (C=O) groups is 1. The highest BCUT2D eigenvalue weighted by atomic mass is 19.1. The van der Waals surface area contributed by atoms with Gasteiger partial charge >= 0.3 is 0 Å². The van der Waals surface area contributed by atoms with Crippen molar-refractivity contribution >= 4 is 12.1 Å². The van der Waals surface area contributed by atoms with E-state index in [1.54, 1.807) is 29.4 Å². The zero-order valence-corrected chi connectivity index (χ0v) is 15.1. The van der Waals surface area contributed by atoms with E-state index in [1.807, 2.05) is 10.6 Å². The quantitative estimate of drug-likeness (QED) is 0.501. The normalized spacial score (nSPS) is 14.0. The van der Waals surface area contributed by atoms with Crippen molar-refractivity contribution in [2.24, 2.45) is 0 Å². The number of hydrogen-bond acceptors (Lipinski definition) is 5. The van der Waals surface area contributed by atoms with Crippen LogP contribution in [0.15, 0.2) is 48.9 Å². The largest absolute Gasteiger partial charge is 0.341 e. The van der Waals surface area contributed by atoms with Gasteiger partial charge in [-0.1, -0.05) is 0 Å². The number of halogens is 1. The van der Waals surface area contributed by atoms with Crippen LogP contribution >= 0.6 is 0 Å². The van der Waals surface area contributed by atoms with Crippen molar-refractivity contribution in [3.05, 3.63) is 60.4 Å². The van der Waals surface area contributed by atoms with Crippen LogP contribution in [0.3, 0.4) is 0 Å². The first-order chi connectivity index (χ1) is 14.2. The monoisotopic (exact) mass is 387 g/mol. The second-order valence-electron chi connectivity index (χ2n) is 6.81. The number of aromatic nitrogens is 5. The highest BCUT2D eigenvalue weighted by Crippen LogP contribution is 2.34. The van der Waals surface area contributed by atoms with E-state index < -0.39 is 0 Å². The van der Waals surface area contributed by atoms with Gasteiger partial charge in [-0.15, -0.1) is 0 Å². The Morgan fingerprint density at radius 3 is 2.66 bits per heavy atom. The molecule has 8 nitrogen and oxygen atoms in total. The maximum Gasteiger partial charge on any atom is 0.209 e. The Hall–Kier alpha value is -4.06. The van der Waals surface area contributed by atoms with E-state index in [2.05, 4.69) is 21.1 Å². The topological polar surface area (TPSA) is 92.1 Å². The van der Waals surface area contributed by atoms with Crippen LogP contribution in [0.25, 0.3) is 28.3 Å². The van der Waals surface area contributed by atoms with Crippen molar-refractivity contribution in [1.29, 1.82) is 5.26 Å². The molecule has 1 aliphatic rings. The van der Waals surface area contributed by atoms with Gasteiger partial charge in [-0.25, -0.2) is 18.9 Å². The average molecular weight is 387 g/mol. The molecule has 4 aromatic rings. The van der Waals surface area contributed by atoms with Crippen molar-refractivity contribution in [2.45, 2.75) is 6.04 Å². The summed E-state index contributed by atoms with van der Waals surface area (Å²) in [5, 5.41) is 13.9. The van der Waals surface area contributed by atoms with Gasteiger partial charge in [0.25, 0.3) is 0 Å². The Labute approximate surface area is 164 Å². The fraction of sp³-hybridized carbons (Fsp3) is 0.150. The number of likely N-dealkylation sites (tertiary alicyclic amines) is 1. The summed E-state index contributed by atoms with van der Waals surface area (Å²) < 4.78 is 16.9. The van der Waals surface area contributed by atoms with Crippen molar-refractivity contribution in [2.75, 3.05) is 13.1 Å². The summed E-state index contributed by atoms with van der Waals surface area (Å²) in [7, 11) is 0. The highest BCUT2D eigenvalue weighted by molar-refractivity contribution is 5.77. The van der Waals surface area contributed by atoms with Crippen LogP contribution < -0.4 is 0 Å². The number of imidazole rings is 2. The number of rotatable bonds is 4. The van der Waals surface area contributed by atoms with Gasteiger partial charge in [-0.3, -0.25) is 4.79 Å². The predicted octanol–water partition coefficient (Wildman–Crippen LogP) is 2.28. The lowest BCUT2D eigenvalue weighted by atomic mass is 10.1. The average Bonchev–Trinajstić information content (AvgIpc) is 3.31. The lowest BCUT2D eigenvalue weighted by Gasteiger charge is -2.37. The van der Waals surface area contributed by atoms with Crippen LogP contribution in [0.5, 0.6) is 0 Å². The molecule has 0 bridgehead atoms. The number of fused-ring (bicyclic) bond motifs is 1. The Balaban J connectivity index is 1.69. The number of hydrogen-bond donors (Lipinski definition) is 0. The van der Waals surface area contributed by atoms with Crippen molar-refractivity contribution in [3.63, 3.8) is 0 Å². The minimum absolute atomic E-state index is 0.0626. The first-order valence-electron chi connectivity index (χ1n) is 8.95. The van der Waals surface area contributed by atoms with Gasteiger partial charge < -0.3 is 9.47 Å².